The van der Waals surface area contributed by atoms with Crippen molar-refractivity contribution in [3.8, 4) is 0 Å². The molecule has 0 aliphatic heterocycles. The maximum Gasteiger partial charge on any atom is 0.248 e. The van der Waals surface area contributed by atoms with E-state index in [-0.39, 0.29) is 6.10 Å². The number of aliphatic hydroxyl groups is 1. The van der Waals surface area contributed by atoms with Gasteiger partial charge in [-0.2, -0.15) is 0 Å². The zero-order valence-electron chi connectivity index (χ0n) is 12.1. The van der Waals surface area contributed by atoms with E-state index in [4.69, 9.17) is 5.73 Å². The van der Waals surface area contributed by atoms with E-state index in [2.05, 4.69) is 11.9 Å². The van der Waals surface area contributed by atoms with E-state index in [1.54, 1.807) is 6.07 Å². The van der Waals surface area contributed by atoms with Crippen LogP contribution in [0.15, 0.2) is 24.3 Å². The van der Waals surface area contributed by atoms with E-state index in [9.17, 15) is 9.90 Å². The van der Waals surface area contributed by atoms with E-state index in [1.807, 2.05) is 18.2 Å². The van der Waals surface area contributed by atoms with E-state index in [1.165, 1.54) is 6.42 Å². The van der Waals surface area contributed by atoms with Crippen molar-refractivity contribution in [2.45, 2.75) is 38.3 Å². The van der Waals surface area contributed by atoms with E-state index >= 15 is 0 Å². The summed E-state index contributed by atoms with van der Waals surface area (Å²) in [5.74, 6) is -0.0229. The smallest absolute Gasteiger partial charge is 0.248 e. The molecule has 4 nitrogen and oxygen atoms in total. The summed E-state index contributed by atoms with van der Waals surface area (Å²) in [6.45, 7) is 1.66. The van der Waals surface area contributed by atoms with Gasteiger partial charge in [-0.3, -0.25) is 4.79 Å². The topological polar surface area (TPSA) is 66.6 Å². The maximum atomic E-state index is 11.2. The summed E-state index contributed by atoms with van der Waals surface area (Å²) < 4.78 is 0. The predicted octanol–water partition coefficient (Wildman–Crippen LogP) is 1.77. The van der Waals surface area contributed by atoms with Crippen molar-refractivity contribution in [1.29, 1.82) is 0 Å². The van der Waals surface area contributed by atoms with Crippen LogP contribution in [-0.2, 0) is 6.54 Å². The lowest BCUT2D eigenvalue weighted by molar-refractivity contribution is 0.0502. The summed E-state index contributed by atoms with van der Waals surface area (Å²) in [4.78, 5) is 13.4. The number of carbonyl (C=O) groups excluding carboxylic acids is 1. The molecule has 1 aromatic carbocycles. The predicted molar refractivity (Wildman–Crippen MR) is 79.3 cm³/mol. The Bertz CT molecular complexity index is 462. The van der Waals surface area contributed by atoms with Crippen LogP contribution < -0.4 is 5.73 Å². The molecule has 1 saturated carbocycles. The number of nitrogens with zero attached hydrogens (tertiary/aromatic N) is 1. The van der Waals surface area contributed by atoms with Crippen LogP contribution in [0.1, 0.15) is 41.6 Å². The largest absolute Gasteiger partial charge is 0.393 e. The maximum absolute atomic E-state index is 11.2. The molecule has 0 saturated heterocycles. The average molecular weight is 276 g/mol. The Balaban J connectivity index is 1.92. The lowest BCUT2D eigenvalue weighted by Crippen LogP contribution is -2.34. The number of primary amides is 1. The number of aliphatic hydroxyl groups excluding tert-OH is 1. The monoisotopic (exact) mass is 276 g/mol. The number of rotatable bonds is 5. The van der Waals surface area contributed by atoms with Gasteiger partial charge in [0.15, 0.2) is 0 Å². The van der Waals surface area contributed by atoms with Crippen LogP contribution in [-0.4, -0.2) is 35.6 Å². The van der Waals surface area contributed by atoms with Crippen LogP contribution in [0.4, 0.5) is 0 Å². The van der Waals surface area contributed by atoms with Gasteiger partial charge in [-0.15, -0.1) is 0 Å². The van der Waals surface area contributed by atoms with Crippen molar-refractivity contribution in [2.24, 2.45) is 11.7 Å². The van der Waals surface area contributed by atoms with Gasteiger partial charge in [0.25, 0.3) is 0 Å². The van der Waals surface area contributed by atoms with Crippen LogP contribution in [0, 0.1) is 5.92 Å². The van der Waals surface area contributed by atoms with Gasteiger partial charge < -0.3 is 15.7 Å². The van der Waals surface area contributed by atoms with Crippen molar-refractivity contribution < 1.29 is 9.90 Å². The minimum atomic E-state index is -0.391. The molecule has 1 fully saturated rings. The minimum Gasteiger partial charge on any atom is -0.393 e. The summed E-state index contributed by atoms with van der Waals surface area (Å²) in [6.07, 6.45) is 4.22. The molecule has 110 valence electrons. The second-order valence-electron chi connectivity index (χ2n) is 5.87. The van der Waals surface area contributed by atoms with Crippen LogP contribution in [0.5, 0.6) is 0 Å². The molecule has 1 aromatic rings. The third-order valence-electron chi connectivity index (χ3n) is 4.08. The lowest BCUT2D eigenvalue weighted by Gasteiger charge is -2.31. The molecular weight excluding hydrogens is 252 g/mol. The highest BCUT2D eigenvalue weighted by atomic mass is 16.3. The number of nitrogens with two attached hydrogens (primary N) is 1. The first-order valence-corrected chi connectivity index (χ1v) is 7.31. The van der Waals surface area contributed by atoms with Gasteiger partial charge >= 0.3 is 0 Å². The second-order valence-corrected chi connectivity index (χ2v) is 5.87. The molecule has 2 unspecified atom stereocenters. The van der Waals surface area contributed by atoms with Crippen LogP contribution >= 0.6 is 0 Å². The lowest BCUT2D eigenvalue weighted by atomic mass is 9.86. The van der Waals surface area contributed by atoms with Crippen molar-refractivity contribution in [3.63, 3.8) is 0 Å². The summed E-state index contributed by atoms with van der Waals surface area (Å²) in [6, 6.07) is 7.44. The Morgan fingerprint density at radius 2 is 2.15 bits per heavy atom. The quantitative estimate of drug-likeness (QED) is 0.861. The zero-order chi connectivity index (χ0) is 14.5. The van der Waals surface area contributed by atoms with Crippen molar-refractivity contribution in [2.75, 3.05) is 13.6 Å². The molecule has 0 radical (unpaired) electrons. The van der Waals surface area contributed by atoms with E-state index < -0.39 is 5.91 Å². The van der Waals surface area contributed by atoms with Gasteiger partial charge in [0, 0.05) is 18.7 Å². The number of carbonyl (C=O) groups is 1. The Morgan fingerprint density at radius 1 is 1.40 bits per heavy atom. The molecule has 20 heavy (non-hydrogen) atoms. The first kappa shape index (κ1) is 15.0. The Morgan fingerprint density at radius 3 is 2.85 bits per heavy atom. The van der Waals surface area contributed by atoms with Gasteiger partial charge in [0.2, 0.25) is 5.91 Å². The SMILES string of the molecule is CN(Cc1cccc(C(N)=O)c1)CC1CCCCC1O. The average Bonchev–Trinajstić information content (AvgIpc) is 2.41. The van der Waals surface area contributed by atoms with Gasteiger partial charge in [-0.25, -0.2) is 0 Å². The normalized spacial score (nSPS) is 22.9. The number of amides is 1. The fraction of sp³-hybridized carbons (Fsp3) is 0.562. The highest BCUT2D eigenvalue weighted by Gasteiger charge is 2.24. The molecule has 1 aliphatic rings. The fourth-order valence-corrected chi connectivity index (χ4v) is 3.00. The summed E-state index contributed by atoms with van der Waals surface area (Å²) >= 11 is 0. The molecule has 1 amide bonds. The van der Waals surface area contributed by atoms with Crippen LogP contribution in [0.3, 0.4) is 0 Å². The number of hydrogen-bond donors (Lipinski definition) is 2. The van der Waals surface area contributed by atoms with Gasteiger partial charge in [0.05, 0.1) is 6.10 Å². The molecule has 0 heterocycles. The fourth-order valence-electron chi connectivity index (χ4n) is 3.00. The summed E-state index contributed by atoms with van der Waals surface area (Å²) in [5.41, 5.74) is 6.92. The Kier molecular flexibility index (Phi) is 5.15. The van der Waals surface area contributed by atoms with Gasteiger partial charge in [-0.1, -0.05) is 25.0 Å². The molecular formula is C16H24N2O2. The van der Waals surface area contributed by atoms with E-state index in [0.717, 1.165) is 37.9 Å². The standard InChI is InChI=1S/C16H24N2O2/c1-18(11-14-6-2-3-8-15(14)19)10-12-5-4-7-13(9-12)16(17)20/h4-5,7,9,14-15,19H,2-3,6,8,10-11H2,1H3,(H2,17,20). The molecule has 3 N–H and O–H groups in total. The highest BCUT2D eigenvalue weighted by molar-refractivity contribution is 5.92. The second kappa shape index (κ2) is 6.86. The first-order chi connectivity index (χ1) is 9.56. The highest BCUT2D eigenvalue weighted by Crippen LogP contribution is 2.25. The molecule has 2 atom stereocenters. The van der Waals surface area contributed by atoms with Crippen LogP contribution in [0.2, 0.25) is 0 Å². The minimum absolute atomic E-state index is 0.164. The third-order valence-corrected chi connectivity index (χ3v) is 4.08. The number of hydrogen-bond acceptors (Lipinski definition) is 3. The molecule has 4 heteroatoms. The molecule has 0 aromatic heterocycles. The summed E-state index contributed by atoms with van der Waals surface area (Å²) in [7, 11) is 2.05. The zero-order valence-corrected chi connectivity index (χ0v) is 12.1. The number of benzene rings is 1. The molecule has 2 rings (SSSR count). The molecule has 0 spiro atoms. The Labute approximate surface area is 120 Å². The van der Waals surface area contributed by atoms with Crippen molar-refractivity contribution in [1.82, 2.24) is 4.90 Å². The molecule has 0 bridgehead atoms. The first-order valence-electron chi connectivity index (χ1n) is 7.31. The van der Waals surface area contributed by atoms with E-state index in [0.29, 0.717) is 11.5 Å². The van der Waals surface area contributed by atoms with Gasteiger partial charge in [0.1, 0.15) is 0 Å². The van der Waals surface area contributed by atoms with Crippen LogP contribution in [0.25, 0.3) is 0 Å². The Hall–Kier alpha value is -1.39. The van der Waals surface area contributed by atoms with Crippen molar-refractivity contribution in [3.05, 3.63) is 35.4 Å². The van der Waals surface area contributed by atoms with Gasteiger partial charge in [-0.05, 0) is 43.5 Å². The summed E-state index contributed by atoms with van der Waals surface area (Å²) in [5, 5.41) is 10.0. The third kappa shape index (κ3) is 4.05. The van der Waals surface area contributed by atoms with Crippen molar-refractivity contribution >= 4 is 5.91 Å². The molecule has 1 aliphatic carbocycles.